The Morgan fingerprint density at radius 3 is 2.48 bits per heavy atom. The summed E-state index contributed by atoms with van der Waals surface area (Å²) in [5.41, 5.74) is 3.22. The fraction of sp³-hybridized carbons (Fsp3) is 0.278. The number of halogens is 1. The highest BCUT2D eigenvalue weighted by Crippen LogP contribution is 2.25. The molecule has 0 bridgehead atoms. The van der Waals surface area contributed by atoms with Crippen molar-refractivity contribution in [2.45, 2.75) is 26.7 Å². The van der Waals surface area contributed by atoms with E-state index in [9.17, 15) is 0 Å². The van der Waals surface area contributed by atoms with E-state index in [-0.39, 0.29) is 0 Å². The van der Waals surface area contributed by atoms with Crippen LogP contribution in [0, 0.1) is 0 Å². The molecular formula is C18H20ClNO. The van der Waals surface area contributed by atoms with E-state index < -0.39 is 0 Å². The number of benzene rings is 2. The molecule has 0 heterocycles. The van der Waals surface area contributed by atoms with E-state index in [0.717, 1.165) is 29.8 Å². The summed E-state index contributed by atoms with van der Waals surface area (Å²) < 4.78 is 5.55. The minimum Gasteiger partial charge on any atom is -0.492 e. The van der Waals surface area contributed by atoms with Crippen molar-refractivity contribution in [3.05, 3.63) is 58.6 Å². The van der Waals surface area contributed by atoms with Gasteiger partial charge in [-0.1, -0.05) is 37.6 Å². The summed E-state index contributed by atoms with van der Waals surface area (Å²) in [6, 6.07) is 14.0. The van der Waals surface area contributed by atoms with Crippen molar-refractivity contribution in [2.75, 3.05) is 6.61 Å². The number of hydrogen-bond acceptors (Lipinski definition) is 2. The van der Waals surface area contributed by atoms with Crippen molar-refractivity contribution >= 4 is 23.5 Å². The first-order chi connectivity index (χ1) is 10.2. The molecule has 0 aliphatic carbocycles. The van der Waals surface area contributed by atoms with Crippen molar-refractivity contribution in [1.29, 1.82) is 0 Å². The van der Waals surface area contributed by atoms with Crippen LogP contribution in [-0.2, 0) is 6.42 Å². The summed E-state index contributed by atoms with van der Waals surface area (Å²) >= 11 is 6.20. The summed E-state index contributed by atoms with van der Waals surface area (Å²) in [6.07, 6.45) is 3.82. The molecule has 0 N–H and O–H groups in total. The van der Waals surface area contributed by atoms with Gasteiger partial charge in [-0.3, -0.25) is 4.99 Å². The molecule has 0 aliphatic rings. The second-order valence-corrected chi connectivity index (χ2v) is 5.22. The number of nitrogens with zero attached hydrogens (tertiary/aromatic N) is 1. The van der Waals surface area contributed by atoms with Crippen LogP contribution in [0.25, 0.3) is 0 Å². The topological polar surface area (TPSA) is 21.6 Å². The van der Waals surface area contributed by atoms with E-state index in [1.54, 1.807) is 0 Å². The monoisotopic (exact) mass is 301 g/mol. The lowest BCUT2D eigenvalue weighted by molar-refractivity contribution is 0.317. The average molecular weight is 302 g/mol. The highest BCUT2D eigenvalue weighted by atomic mass is 35.5. The molecule has 0 amide bonds. The van der Waals surface area contributed by atoms with Gasteiger partial charge in [-0.05, 0) is 54.3 Å². The Labute approximate surface area is 131 Å². The van der Waals surface area contributed by atoms with Crippen molar-refractivity contribution in [2.24, 2.45) is 4.99 Å². The van der Waals surface area contributed by atoms with Crippen LogP contribution in [0.3, 0.4) is 0 Å². The molecule has 2 aromatic rings. The molecule has 0 unspecified atom stereocenters. The first-order valence-corrected chi connectivity index (χ1v) is 7.66. The molecule has 2 rings (SSSR count). The summed E-state index contributed by atoms with van der Waals surface area (Å²) in [7, 11) is 0. The van der Waals surface area contributed by atoms with E-state index in [0.29, 0.717) is 11.6 Å². The summed E-state index contributed by atoms with van der Waals surface area (Å²) in [6.45, 7) is 4.89. The zero-order chi connectivity index (χ0) is 15.1. The van der Waals surface area contributed by atoms with Gasteiger partial charge < -0.3 is 4.74 Å². The molecule has 2 nitrogen and oxygen atoms in total. The Kier molecular flexibility index (Phi) is 5.82. The van der Waals surface area contributed by atoms with E-state index in [1.165, 1.54) is 5.56 Å². The van der Waals surface area contributed by atoms with Gasteiger partial charge in [0, 0.05) is 6.21 Å². The maximum atomic E-state index is 6.20. The predicted octanol–water partition coefficient (Wildman–Crippen LogP) is 5.44. The molecule has 0 spiro atoms. The minimum absolute atomic E-state index is 0.619. The quantitative estimate of drug-likeness (QED) is 0.651. The predicted molar refractivity (Wildman–Crippen MR) is 90.3 cm³/mol. The summed E-state index contributed by atoms with van der Waals surface area (Å²) in [4.78, 5) is 4.46. The smallest absolute Gasteiger partial charge is 0.137 e. The van der Waals surface area contributed by atoms with Crippen LogP contribution in [0.15, 0.2) is 47.5 Å². The minimum atomic E-state index is 0.619. The van der Waals surface area contributed by atoms with Gasteiger partial charge in [-0.25, -0.2) is 0 Å². The zero-order valence-electron chi connectivity index (χ0n) is 12.5. The molecule has 0 aliphatic heterocycles. The molecule has 3 heteroatoms. The number of ether oxygens (including phenoxy) is 1. The number of aryl methyl sites for hydroxylation is 1. The van der Waals surface area contributed by atoms with E-state index >= 15 is 0 Å². The first kappa shape index (κ1) is 15.6. The molecule has 0 fully saturated rings. The molecule has 110 valence electrons. The Balaban J connectivity index is 2.07. The van der Waals surface area contributed by atoms with E-state index in [2.05, 4.69) is 31.0 Å². The molecule has 2 aromatic carbocycles. The molecule has 0 atom stereocenters. The van der Waals surface area contributed by atoms with Gasteiger partial charge >= 0.3 is 0 Å². The Hall–Kier alpha value is -1.80. The zero-order valence-corrected chi connectivity index (χ0v) is 13.2. The average Bonchev–Trinajstić information content (AvgIpc) is 2.52. The Bertz CT molecular complexity index is 605. The van der Waals surface area contributed by atoms with Crippen LogP contribution in [-0.4, -0.2) is 12.8 Å². The molecule has 0 radical (unpaired) electrons. The summed E-state index contributed by atoms with van der Waals surface area (Å²) in [5, 5.41) is 0.619. The van der Waals surface area contributed by atoms with Gasteiger partial charge in [0.05, 0.1) is 17.3 Å². The molecule has 0 aromatic heterocycles. The van der Waals surface area contributed by atoms with Gasteiger partial charge in [-0.15, -0.1) is 0 Å². The Morgan fingerprint density at radius 2 is 1.86 bits per heavy atom. The number of rotatable bonds is 6. The molecular weight excluding hydrogens is 282 g/mol. The highest BCUT2D eigenvalue weighted by molar-refractivity contribution is 6.32. The second kappa shape index (κ2) is 7.84. The maximum absolute atomic E-state index is 6.20. The van der Waals surface area contributed by atoms with Gasteiger partial charge in [-0.2, -0.15) is 0 Å². The lowest BCUT2D eigenvalue weighted by Crippen LogP contribution is -1.96. The molecule has 0 saturated carbocycles. The van der Waals surface area contributed by atoms with E-state index in [1.807, 2.05) is 36.5 Å². The van der Waals surface area contributed by atoms with Crippen LogP contribution >= 0.6 is 11.6 Å². The third kappa shape index (κ3) is 4.61. The van der Waals surface area contributed by atoms with Crippen molar-refractivity contribution in [3.8, 4) is 5.75 Å². The maximum Gasteiger partial charge on any atom is 0.137 e. The lowest BCUT2D eigenvalue weighted by atomic mass is 10.1. The van der Waals surface area contributed by atoms with Gasteiger partial charge in [0.2, 0.25) is 0 Å². The van der Waals surface area contributed by atoms with Crippen molar-refractivity contribution < 1.29 is 4.74 Å². The lowest BCUT2D eigenvalue weighted by Gasteiger charge is -2.06. The van der Waals surface area contributed by atoms with Crippen LogP contribution in [0.1, 0.15) is 31.4 Å². The van der Waals surface area contributed by atoms with Gasteiger partial charge in [0.25, 0.3) is 0 Å². The second-order valence-electron chi connectivity index (χ2n) is 4.82. The molecule has 21 heavy (non-hydrogen) atoms. The Morgan fingerprint density at radius 1 is 1.10 bits per heavy atom. The normalized spacial score (nSPS) is 11.0. The number of aliphatic imine (C=N–C) groups is 1. The van der Waals surface area contributed by atoms with Gasteiger partial charge in [0.15, 0.2) is 0 Å². The van der Waals surface area contributed by atoms with Crippen LogP contribution in [0.5, 0.6) is 5.75 Å². The van der Waals surface area contributed by atoms with Gasteiger partial charge in [0.1, 0.15) is 5.75 Å². The van der Waals surface area contributed by atoms with Crippen molar-refractivity contribution in [3.63, 3.8) is 0 Å². The highest BCUT2D eigenvalue weighted by Gasteiger charge is 2.01. The van der Waals surface area contributed by atoms with Crippen LogP contribution in [0.4, 0.5) is 5.69 Å². The fourth-order valence-corrected chi connectivity index (χ4v) is 2.14. The summed E-state index contributed by atoms with van der Waals surface area (Å²) in [5.74, 6) is 0.725. The first-order valence-electron chi connectivity index (χ1n) is 7.28. The standard InChI is InChI=1S/C18H20ClNO/c1-3-11-21-18-10-7-15(12-17(18)19)13-20-16-8-5-14(4-2)6-9-16/h5-10,12-13H,3-4,11H2,1-2H3. The SMILES string of the molecule is CCCOc1ccc(C=Nc2ccc(CC)cc2)cc1Cl. The third-order valence-corrected chi connectivity index (χ3v) is 3.42. The van der Waals surface area contributed by atoms with E-state index in [4.69, 9.17) is 16.3 Å². The molecule has 0 saturated heterocycles. The fourth-order valence-electron chi connectivity index (χ4n) is 1.89. The number of hydrogen-bond donors (Lipinski definition) is 0. The van der Waals surface area contributed by atoms with Crippen molar-refractivity contribution in [1.82, 2.24) is 0 Å². The third-order valence-electron chi connectivity index (χ3n) is 3.12. The van der Waals surface area contributed by atoms with Crippen LogP contribution < -0.4 is 4.74 Å². The van der Waals surface area contributed by atoms with Crippen LogP contribution in [0.2, 0.25) is 5.02 Å². The largest absolute Gasteiger partial charge is 0.492 e.